The van der Waals surface area contributed by atoms with Gasteiger partial charge in [0.25, 0.3) is 0 Å². The predicted molar refractivity (Wildman–Crippen MR) is 84.2 cm³/mol. The minimum atomic E-state index is 0.368. The van der Waals surface area contributed by atoms with Gasteiger partial charge in [-0.2, -0.15) is 0 Å². The molecule has 110 valence electrons. The molecule has 3 heteroatoms. The minimum Gasteiger partial charge on any atom is -0.507 e. The number of nitrogens with zero attached hydrogens (tertiary/aromatic N) is 1. The van der Waals surface area contributed by atoms with Gasteiger partial charge in [-0.05, 0) is 43.9 Å². The van der Waals surface area contributed by atoms with Crippen molar-refractivity contribution in [2.24, 2.45) is 0 Å². The van der Waals surface area contributed by atoms with Gasteiger partial charge in [-0.1, -0.05) is 17.7 Å². The van der Waals surface area contributed by atoms with Crippen LogP contribution in [0.15, 0.2) is 24.3 Å². The molecule has 3 nitrogen and oxygen atoms in total. The Morgan fingerprint density at radius 3 is 2.35 bits per heavy atom. The van der Waals surface area contributed by atoms with Gasteiger partial charge in [0.05, 0.1) is 0 Å². The summed E-state index contributed by atoms with van der Waals surface area (Å²) in [5, 5.41) is 13.4. The van der Waals surface area contributed by atoms with Crippen LogP contribution in [-0.4, -0.2) is 36.2 Å². The SMILES string of the molecule is C=C(C)C[C@@H](c1cc(C)c(O)c(C)c1)N1CCNCC1. The van der Waals surface area contributed by atoms with Gasteiger partial charge in [-0.15, -0.1) is 6.58 Å². The number of nitrogens with one attached hydrogen (secondary N) is 1. The number of hydrogen-bond acceptors (Lipinski definition) is 3. The number of rotatable bonds is 4. The maximum absolute atomic E-state index is 9.96. The van der Waals surface area contributed by atoms with Gasteiger partial charge in [-0.25, -0.2) is 0 Å². The first-order valence-electron chi connectivity index (χ1n) is 7.38. The van der Waals surface area contributed by atoms with E-state index >= 15 is 0 Å². The van der Waals surface area contributed by atoms with Crippen LogP contribution in [-0.2, 0) is 0 Å². The molecule has 1 aliphatic rings. The van der Waals surface area contributed by atoms with E-state index < -0.39 is 0 Å². The molecule has 0 bridgehead atoms. The van der Waals surface area contributed by atoms with E-state index in [1.807, 2.05) is 13.8 Å². The summed E-state index contributed by atoms with van der Waals surface area (Å²) < 4.78 is 0. The average Bonchev–Trinajstić information content (AvgIpc) is 2.42. The summed E-state index contributed by atoms with van der Waals surface area (Å²) in [5.41, 5.74) is 4.42. The summed E-state index contributed by atoms with van der Waals surface area (Å²) in [4.78, 5) is 2.52. The summed E-state index contributed by atoms with van der Waals surface area (Å²) >= 11 is 0. The maximum atomic E-state index is 9.96. The third-order valence-corrected chi connectivity index (χ3v) is 4.03. The highest BCUT2D eigenvalue weighted by Crippen LogP contribution is 2.32. The smallest absolute Gasteiger partial charge is 0.121 e. The van der Waals surface area contributed by atoms with Crippen LogP contribution in [0.1, 0.15) is 36.1 Å². The Kier molecular flexibility index (Phi) is 4.84. The van der Waals surface area contributed by atoms with E-state index in [9.17, 15) is 5.11 Å². The molecule has 0 radical (unpaired) electrons. The fourth-order valence-electron chi connectivity index (χ4n) is 2.96. The van der Waals surface area contributed by atoms with Gasteiger partial charge in [-0.3, -0.25) is 4.90 Å². The second kappa shape index (κ2) is 6.42. The van der Waals surface area contributed by atoms with Gasteiger partial charge >= 0.3 is 0 Å². The van der Waals surface area contributed by atoms with Crippen LogP contribution >= 0.6 is 0 Å². The van der Waals surface area contributed by atoms with Crippen molar-refractivity contribution in [3.05, 3.63) is 41.0 Å². The number of aryl methyl sites for hydroxylation is 2. The third kappa shape index (κ3) is 3.41. The van der Waals surface area contributed by atoms with Crippen LogP contribution in [0.25, 0.3) is 0 Å². The molecule has 20 heavy (non-hydrogen) atoms. The summed E-state index contributed by atoms with van der Waals surface area (Å²) in [7, 11) is 0. The summed E-state index contributed by atoms with van der Waals surface area (Å²) in [5.74, 6) is 0.420. The number of hydrogen-bond donors (Lipinski definition) is 2. The fourth-order valence-corrected chi connectivity index (χ4v) is 2.96. The van der Waals surface area contributed by atoms with Crippen LogP contribution in [0, 0.1) is 13.8 Å². The molecule has 0 aromatic heterocycles. The van der Waals surface area contributed by atoms with Gasteiger partial charge in [0.1, 0.15) is 5.75 Å². The number of phenols is 1. The van der Waals surface area contributed by atoms with E-state index in [1.54, 1.807) is 0 Å². The molecule has 1 aromatic carbocycles. The quantitative estimate of drug-likeness (QED) is 0.829. The van der Waals surface area contributed by atoms with Crippen molar-refractivity contribution in [1.82, 2.24) is 10.2 Å². The molecule has 2 rings (SSSR count). The molecule has 1 saturated heterocycles. The molecule has 0 unspecified atom stereocenters. The van der Waals surface area contributed by atoms with Crippen molar-refractivity contribution in [3.8, 4) is 5.75 Å². The van der Waals surface area contributed by atoms with Gasteiger partial charge in [0.2, 0.25) is 0 Å². The van der Waals surface area contributed by atoms with Crippen molar-refractivity contribution in [2.45, 2.75) is 33.2 Å². The number of piperazine rings is 1. The Labute approximate surface area is 122 Å². The first kappa shape index (κ1) is 15.1. The lowest BCUT2D eigenvalue weighted by atomic mass is 9.94. The largest absolute Gasteiger partial charge is 0.507 e. The van der Waals surface area contributed by atoms with Crippen molar-refractivity contribution in [2.75, 3.05) is 26.2 Å². The van der Waals surface area contributed by atoms with Crippen molar-refractivity contribution >= 4 is 0 Å². The van der Waals surface area contributed by atoms with E-state index in [-0.39, 0.29) is 0 Å². The molecular weight excluding hydrogens is 248 g/mol. The topological polar surface area (TPSA) is 35.5 Å². The van der Waals surface area contributed by atoms with Crippen molar-refractivity contribution < 1.29 is 5.11 Å². The highest BCUT2D eigenvalue weighted by molar-refractivity contribution is 5.43. The summed E-state index contributed by atoms with van der Waals surface area (Å²) in [6.07, 6.45) is 0.976. The summed E-state index contributed by atoms with van der Waals surface area (Å²) in [6, 6.07) is 4.61. The van der Waals surface area contributed by atoms with Crippen LogP contribution in [0.5, 0.6) is 5.75 Å². The highest BCUT2D eigenvalue weighted by atomic mass is 16.3. The lowest BCUT2D eigenvalue weighted by molar-refractivity contribution is 0.172. The molecule has 1 aromatic rings. The maximum Gasteiger partial charge on any atom is 0.121 e. The second-order valence-electron chi connectivity index (χ2n) is 5.97. The monoisotopic (exact) mass is 274 g/mol. The molecule has 1 atom stereocenters. The molecule has 0 aliphatic carbocycles. The second-order valence-corrected chi connectivity index (χ2v) is 5.97. The lowest BCUT2D eigenvalue weighted by Gasteiger charge is -2.36. The van der Waals surface area contributed by atoms with Crippen LogP contribution in [0.2, 0.25) is 0 Å². The van der Waals surface area contributed by atoms with Crippen LogP contribution in [0.3, 0.4) is 0 Å². The molecule has 1 aliphatic heterocycles. The van der Waals surface area contributed by atoms with E-state index in [2.05, 4.69) is 35.9 Å². The number of aromatic hydroxyl groups is 1. The Hall–Kier alpha value is -1.32. The highest BCUT2D eigenvalue weighted by Gasteiger charge is 2.23. The van der Waals surface area contributed by atoms with E-state index in [0.29, 0.717) is 11.8 Å². The molecule has 2 N–H and O–H groups in total. The summed E-state index contributed by atoms with van der Waals surface area (Å²) in [6.45, 7) is 14.3. The number of phenolic OH excluding ortho intramolecular Hbond substituents is 1. The Morgan fingerprint density at radius 1 is 1.30 bits per heavy atom. The molecule has 0 spiro atoms. The van der Waals surface area contributed by atoms with Gasteiger partial charge < -0.3 is 10.4 Å². The molecule has 1 heterocycles. The Morgan fingerprint density at radius 2 is 1.85 bits per heavy atom. The average molecular weight is 274 g/mol. The Balaban J connectivity index is 2.32. The van der Waals surface area contributed by atoms with Crippen LogP contribution < -0.4 is 5.32 Å². The Bertz CT molecular complexity index is 467. The zero-order chi connectivity index (χ0) is 14.7. The number of benzene rings is 1. The zero-order valence-electron chi connectivity index (χ0n) is 12.9. The molecular formula is C17H26N2O. The van der Waals surface area contributed by atoms with E-state index in [4.69, 9.17) is 0 Å². The van der Waals surface area contributed by atoms with Crippen molar-refractivity contribution in [3.63, 3.8) is 0 Å². The normalized spacial score (nSPS) is 17.9. The van der Waals surface area contributed by atoms with Gasteiger partial charge in [0, 0.05) is 32.2 Å². The lowest BCUT2D eigenvalue weighted by Crippen LogP contribution is -2.45. The first-order valence-corrected chi connectivity index (χ1v) is 7.38. The predicted octanol–water partition coefficient (Wildman–Crippen LogP) is 2.92. The van der Waals surface area contributed by atoms with Gasteiger partial charge in [0.15, 0.2) is 0 Å². The fraction of sp³-hybridized carbons (Fsp3) is 0.529. The molecule has 0 amide bonds. The minimum absolute atomic E-state index is 0.368. The molecule has 0 saturated carbocycles. The molecule has 1 fully saturated rings. The third-order valence-electron chi connectivity index (χ3n) is 4.03. The van der Waals surface area contributed by atoms with E-state index in [1.165, 1.54) is 11.1 Å². The van der Waals surface area contributed by atoms with Crippen molar-refractivity contribution in [1.29, 1.82) is 0 Å². The first-order chi connectivity index (χ1) is 9.49. The standard InChI is InChI=1S/C17H26N2O/c1-12(2)9-16(19-7-5-18-6-8-19)15-10-13(3)17(20)14(4)11-15/h10-11,16,18,20H,1,5-9H2,2-4H3/t16-/m0/s1. The zero-order valence-corrected chi connectivity index (χ0v) is 12.9. The van der Waals surface area contributed by atoms with E-state index in [0.717, 1.165) is 43.7 Å². The van der Waals surface area contributed by atoms with Crippen LogP contribution in [0.4, 0.5) is 0 Å².